The van der Waals surface area contributed by atoms with Crippen LogP contribution in [-0.4, -0.2) is 6.54 Å². The van der Waals surface area contributed by atoms with Gasteiger partial charge in [0.2, 0.25) is 0 Å². The third-order valence-corrected chi connectivity index (χ3v) is 3.61. The Morgan fingerprint density at radius 3 is 2.94 bits per heavy atom. The molecular weight excluding hydrogens is 230 g/mol. The molecule has 0 atom stereocenters. The summed E-state index contributed by atoms with van der Waals surface area (Å²) in [6.07, 6.45) is 7.54. The fourth-order valence-corrected chi connectivity index (χ4v) is 2.52. The Morgan fingerprint density at radius 2 is 2.24 bits per heavy atom. The molecule has 0 radical (unpaired) electrons. The third kappa shape index (κ3) is 3.86. The van der Waals surface area contributed by atoms with Crippen LogP contribution >= 0.6 is 11.6 Å². The first-order valence-corrected chi connectivity index (χ1v) is 6.77. The predicted octanol–water partition coefficient (Wildman–Crippen LogP) is 4.24. The van der Waals surface area contributed by atoms with Crippen molar-refractivity contribution >= 4 is 11.6 Å². The Kier molecular flexibility index (Phi) is 4.64. The highest BCUT2D eigenvalue weighted by Crippen LogP contribution is 2.20. The van der Waals surface area contributed by atoms with Crippen LogP contribution in [0.25, 0.3) is 0 Å². The number of rotatable bonds is 5. The lowest BCUT2D eigenvalue weighted by Crippen LogP contribution is -2.15. The smallest absolute Gasteiger partial charge is 0.0408 e. The second-order valence-electron chi connectivity index (χ2n) is 4.75. The van der Waals surface area contributed by atoms with Crippen LogP contribution in [0.1, 0.15) is 36.8 Å². The van der Waals surface area contributed by atoms with Crippen molar-refractivity contribution in [2.24, 2.45) is 0 Å². The van der Waals surface area contributed by atoms with Gasteiger partial charge in [-0.1, -0.05) is 29.3 Å². The van der Waals surface area contributed by atoms with Crippen LogP contribution in [0.15, 0.2) is 29.8 Å². The van der Waals surface area contributed by atoms with Crippen molar-refractivity contribution in [2.75, 3.05) is 6.54 Å². The first-order valence-electron chi connectivity index (χ1n) is 6.39. The minimum Gasteiger partial charge on any atom is -0.312 e. The number of halogens is 1. The largest absolute Gasteiger partial charge is 0.312 e. The highest BCUT2D eigenvalue weighted by molar-refractivity contribution is 6.30. The summed E-state index contributed by atoms with van der Waals surface area (Å²) >= 11 is 5.94. The van der Waals surface area contributed by atoms with Gasteiger partial charge in [0.15, 0.2) is 0 Å². The molecule has 1 aromatic rings. The quantitative estimate of drug-likeness (QED) is 0.608. The third-order valence-electron chi connectivity index (χ3n) is 3.38. The van der Waals surface area contributed by atoms with Gasteiger partial charge < -0.3 is 5.32 Å². The lowest BCUT2D eigenvalue weighted by Gasteiger charge is -2.08. The van der Waals surface area contributed by atoms with E-state index in [1.165, 1.54) is 36.8 Å². The first-order chi connectivity index (χ1) is 8.25. The maximum atomic E-state index is 5.94. The summed E-state index contributed by atoms with van der Waals surface area (Å²) < 4.78 is 0. The average molecular weight is 250 g/mol. The van der Waals surface area contributed by atoms with Crippen molar-refractivity contribution in [1.82, 2.24) is 5.32 Å². The van der Waals surface area contributed by atoms with Crippen molar-refractivity contribution in [1.29, 1.82) is 0 Å². The fourth-order valence-electron chi connectivity index (χ4n) is 2.29. The SMILES string of the molecule is Cc1cc(Cl)ccc1CNCCC1=CCCC1. The van der Waals surface area contributed by atoms with Crippen LogP contribution in [-0.2, 0) is 6.54 Å². The van der Waals surface area contributed by atoms with Crippen LogP contribution in [0.3, 0.4) is 0 Å². The molecule has 0 bridgehead atoms. The molecule has 92 valence electrons. The summed E-state index contributed by atoms with van der Waals surface area (Å²) in [6, 6.07) is 6.10. The molecule has 0 saturated heterocycles. The van der Waals surface area contributed by atoms with E-state index < -0.39 is 0 Å². The second-order valence-corrected chi connectivity index (χ2v) is 5.19. The van der Waals surface area contributed by atoms with Crippen molar-refractivity contribution in [3.05, 3.63) is 46.0 Å². The van der Waals surface area contributed by atoms with E-state index in [1.807, 2.05) is 12.1 Å². The van der Waals surface area contributed by atoms with Crippen LogP contribution in [0.5, 0.6) is 0 Å². The summed E-state index contributed by atoms with van der Waals surface area (Å²) in [5.74, 6) is 0. The van der Waals surface area contributed by atoms with Gasteiger partial charge in [0.05, 0.1) is 0 Å². The highest BCUT2D eigenvalue weighted by atomic mass is 35.5. The van der Waals surface area contributed by atoms with Gasteiger partial charge in [-0.3, -0.25) is 0 Å². The molecule has 0 spiro atoms. The van der Waals surface area contributed by atoms with Gasteiger partial charge in [-0.2, -0.15) is 0 Å². The van der Waals surface area contributed by atoms with E-state index in [9.17, 15) is 0 Å². The van der Waals surface area contributed by atoms with Gasteiger partial charge in [-0.15, -0.1) is 0 Å². The summed E-state index contributed by atoms with van der Waals surface area (Å²) in [6.45, 7) is 4.13. The van der Waals surface area contributed by atoms with Crippen LogP contribution in [0.4, 0.5) is 0 Å². The molecule has 1 N–H and O–H groups in total. The standard InChI is InChI=1S/C15H20ClN/c1-12-10-15(16)7-6-14(12)11-17-9-8-13-4-2-3-5-13/h4,6-7,10,17H,2-3,5,8-9,11H2,1H3. The molecule has 1 aliphatic rings. The molecule has 0 saturated carbocycles. The molecule has 17 heavy (non-hydrogen) atoms. The average Bonchev–Trinajstić information content (AvgIpc) is 2.79. The lowest BCUT2D eigenvalue weighted by molar-refractivity contribution is 0.674. The van der Waals surface area contributed by atoms with Crippen molar-refractivity contribution < 1.29 is 0 Å². The van der Waals surface area contributed by atoms with Gasteiger partial charge in [-0.25, -0.2) is 0 Å². The van der Waals surface area contributed by atoms with Gasteiger partial charge in [0.1, 0.15) is 0 Å². The Labute approximate surface area is 109 Å². The Hall–Kier alpha value is -0.790. The highest BCUT2D eigenvalue weighted by Gasteiger charge is 2.04. The van der Waals surface area contributed by atoms with Crippen molar-refractivity contribution in [3.63, 3.8) is 0 Å². The summed E-state index contributed by atoms with van der Waals surface area (Å²) in [5.41, 5.74) is 4.24. The van der Waals surface area contributed by atoms with Gasteiger partial charge >= 0.3 is 0 Å². The Bertz CT molecular complexity index is 409. The molecule has 0 heterocycles. The van der Waals surface area contributed by atoms with Crippen LogP contribution < -0.4 is 5.32 Å². The minimum atomic E-state index is 0.822. The van der Waals surface area contributed by atoms with E-state index >= 15 is 0 Å². The zero-order chi connectivity index (χ0) is 12.1. The van der Waals surface area contributed by atoms with E-state index in [-0.39, 0.29) is 0 Å². The zero-order valence-electron chi connectivity index (χ0n) is 10.4. The number of aryl methyl sites for hydroxylation is 1. The van der Waals surface area contributed by atoms with Crippen LogP contribution in [0.2, 0.25) is 5.02 Å². The second kappa shape index (κ2) is 6.23. The van der Waals surface area contributed by atoms with Crippen molar-refractivity contribution in [2.45, 2.75) is 39.2 Å². The zero-order valence-corrected chi connectivity index (χ0v) is 11.2. The normalized spacial score (nSPS) is 15.1. The Balaban J connectivity index is 1.74. The number of hydrogen-bond acceptors (Lipinski definition) is 1. The number of benzene rings is 1. The number of hydrogen-bond donors (Lipinski definition) is 1. The summed E-state index contributed by atoms with van der Waals surface area (Å²) in [5, 5.41) is 4.33. The molecule has 0 aromatic heterocycles. The van der Waals surface area contributed by atoms with Gasteiger partial charge in [0, 0.05) is 11.6 Å². The molecule has 0 aliphatic heterocycles. The number of nitrogens with one attached hydrogen (secondary N) is 1. The lowest BCUT2D eigenvalue weighted by atomic mass is 10.1. The molecule has 1 aliphatic carbocycles. The van der Waals surface area contributed by atoms with E-state index in [0.717, 1.165) is 18.1 Å². The maximum Gasteiger partial charge on any atom is 0.0408 e. The molecule has 1 nitrogen and oxygen atoms in total. The van der Waals surface area contributed by atoms with E-state index in [2.05, 4.69) is 24.4 Å². The minimum absolute atomic E-state index is 0.822. The maximum absolute atomic E-state index is 5.94. The summed E-state index contributed by atoms with van der Waals surface area (Å²) in [4.78, 5) is 0. The molecule has 0 unspecified atom stereocenters. The molecular formula is C15H20ClN. The Morgan fingerprint density at radius 1 is 1.35 bits per heavy atom. The van der Waals surface area contributed by atoms with E-state index in [1.54, 1.807) is 5.57 Å². The topological polar surface area (TPSA) is 12.0 Å². The molecule has 0 amide bonds. The monoisotopic (exact) mass is 249 g/mol. The first kappa shape index (κ1) is 12.7. The fraction of sp³-hybridized carbons (Fsp3) is 0.467. The van der Waals surface area contributed by atoms with E-state index in [0.29, 0.717) is 0 Å². The van der Waals surface area contributed by atoms with Crippen molar-refractivity contribution in [3.8, 4) is 0 Å². The van der Waals surface area contributed by atoms with Crippen LogP contribution in [0, 0.1) is 6.92 Å². The number of allylic oxidation sites excluding steroid dienone is 1. The molecule has 2 heteroatoms. The molecule has 2 rings (SSSR count). The molecule has 0 fully saturated rings. The summed E-state index contributed by atoms with van der Waals surface area (Å²) in [7, 11) is 0. The van der Waals surface area contributed by atoms with Gasteiger partial charge in [-0.05, 0) is 62.4 Å². The van der Waals surface area contributed by atoms with Gasteiger partial charge in [0.25, 0.3) is 0 Å². The predicted molar refractivity (Wildman–Crippen MR) is 74.4 cm³/mol. The van der Waals surface area contributed by atoms with E-state index in [4.69, 9.17) is 11.6 Å². The molecule has 1 aromatic carbocycles.